The Morgan fingerprint density at radius 1 is 1.67 bits per heavy atom. The third-order valence-electron chi connectivity index (χ3n) is 1.31. The molecule has 0 spiro atoms. The molecule has 0 radical (unpaired) electrons. The van der Waals surface area contributed by atoms with Crippen molar-refractivity contribution in [2.75, 3.05) is 7.11 Å². The van der Waals surface area contributed by atoms with Crippen molar-refractivity contribution >= 4 is 5.78 Å². The lowest BCUT2D eigenvalue weighted by Crippen LogP contribution is -2.06. The van der Waals surface area contributed by atoms with Crippen molar-refractivity contribution in [2.45, 2.75) is 32.8 Å². The molecule has 0 aromatic heterocycles. The molecule has 2 nitrogen and oxygen atoms in total. The molecule has 0 fully saturated rings. The van der Waals surface area contributed by atoms with Crippen LogP contribution in [0.5, 0.6) is 0 Å². The molecule has 0 saturated heterocycles. The number of ketones is 1. The Morgan fingerprint density at radius 3 is 2.56 bits per heavy atom. The highest BCUT2D eigenvalue weighted by Gasteiger charge is 1.99. The summed E-state index contributed by atoms with van der Waals surface area (Å²) in [6.07, 6.45) is 1.69. The second-order valence-electron chi connectivity index (χ2n) is 2.29. The molecule has 0 bridgehead atoms. The van der Waals surface area contributed by atoms with Gasteiger partial charge in [-0.05, 0) is 20.3 Å². The van der Waals surface area contributed by atoms with Crippen LogP contribution in [0.1, 0.15) is 26.7 Å². The Kier molecular flexibility index (Phi) is 4.32. The van der Waals surface area contributed by atoms with Gasteiger partial charge in [-0.25, -0.2) is 0 Å². The predicted molar refractivity (Wildman–Crippen MR) is 36.4 cm³/mol. The Balaban J connectivity index is 3.16. The van der Waals surface area contributed by atoms with E-state index >= 15 is 0 Å². The Labute approximate surface area is 56.2 Å². The van der Waals surface area contributed by atoms with Crippen LogP contribution in [0.3, 0.4) is 0 Å². The summed E-state index contributed by atoms with van der Waals surface area (Å²) in [5.41, 5.74) is 0. The Morgan fingerprint density at radius 2 is 2.22 bits per heavy atom. The first-order valence-electron chi connectivity index (χ1n) is 3.19. The highest BCUT2D eigenvalue weighted by atomic mass is 16.5. The van der Waals surface area contributed by atoms with Gasteiger partial charge in [-0.2, -0.15) is 0 Å². The van der Waals surface area contributed by atoms with E-state index in [4.69, 9.17) is 4.74 Å². The smallest absolute Gasteiger partial charge is 0.129 e. The minimum absolute atomic E-state index is 0.217. The van der Waals surface area contributed by atoms with Crippen LogP contribution in [-0.4, -0.2) is 19.0 Å². The summed E-state index contributed by atoms with van der Waals surface area (Å²) in [5, 5.41) is 0. The molecule has 1 unspecified atom stereocenters. The van der Waals surface area contributed by atoms with Gasteiger partial charge >= 0.3 is 0 Å². The lowest BCUT2D eigenvalue weighted by molar-refractivity contribution is -0.117. The van der Waals surface area contributed by atoms with Gasteiger partial charge in [0.25, 0.3) is 0 Å². The molecule has 0 aliphatic heterocycles. The van der Waals surface area contributed by atoms with Crippen LogP contribution in [0.25, 0.3) is 0 Å². The van der Waals surface area contributed by atoms with Gasteiger partial charge < -0.3 is 9.53 Å². The van der Waals surface area contributed by atoms with Crippen molar-refractivity contribution in [1.82, 2.24) is 0 Å². The highest BCUT2D eigenvalue weighted by Crippen LogP contribution is 1.99. The zero-order valence-corrected chi connectivity index (χ0v) is 6.31. The van der Waals surface area contributed by atoms with Crippen LogP contribution < -0.4 is 0 Å². The molecule has 0 saturated carbocycles. The molecular formula is C7H14O2. The third-order valence-corrected chi connectivity index (χ3v) is 1.31. The number of rotatable bonds is 4. The van der Waals surface area contributed by atoms with Gasteiger partial charge in [0.2, 0.25) is 0 Å². The number of ether oxygens (including phenoxy) is 1. The summed E-state index contributed by atoms with van der Waals surface area (Å²) < 4.78 is 4.95. The molecular weight excluding hydrogens is 116 g/mol. The largest absolute Gasteiger partial charge is 0.382 e. The lowest BCUT2D eigenvalue weighted by atomic mass is 10.2. The molecule has 0 aromatic rings. The molecule has 0 aliphatic carbocycles. The van der Waals surface area contributed by atoms with Crippen molar-refractivity contribution in [3.05, 3.63) is 0 Å². The highest BCUT2D eigenvalue weighted by molar-refractivity contribution is 5.75. The summed E-state index contributed by atoms with van der Waals surface area (Å²) >= 11 is 0. The van der Waals surface area contributed by atoms with E-state index in [0.717, 1.165) is 6.42 Å². The molecule has 0 N–H and O–H groups in total. The second-order valence-corrected chi connectivity index (χ2v) is 2.29. The van der Waals surface area contributed by atoms with Crippen molar-refractivity contribution in [3.63, 3.8) is 0 Å². The zero-order chi connectivity index (χ0) is 7.28. The monoisotopic (exact) mass is 130 g/mol. The van der Waals surface area contributed by atoms with Crippen LogP contribution in [-0.2, 0) is 9.53 Å². The normalized spacial score (nSPS) is 13.2. The molecule has 0 aliphatic rings. The lowest BCUT2D eigenvalue weighted by Gasteiger charge is -2.05. The van der Waals surface area contributed by atoms with E-state index in [1.807, 2.05) is 6.92 Å². The van der Waals surface area contributed by atoms with E-state index in [9.17, 15) is 4.79 Å². The average Bonchev–Trinajstić information content (AvgIpc) is 1.83. The summed E-state index contributed by atoms with van der Waals surface area (Å²) in [7, 11) is 1.66. The molecule has 0 aromatic carbocycles. The molecule has 1 atom stereocenters. The van der Waals surface area contributed by atoms with Crippen LogP contribution in [0.4, 0.5) is 0 Å². The molecule has 9 heavy (non-hydrogen) atoms. The van der Waals surface area contributed by atoms with E-state index in [2.05, 4.69) is 0 Å². The van der Waals surface area contributed by atoms with Crippen molar-refractivity contribution < 1.29 is 9.53 Å². The number of hydrogen-bond donors (Lipinski definition) is 0. The molecule has 0 heterocycles. The van der Waals surface area contributed by atoms with Crippen molar-refractivity contribution in [1.29, 1.82) is 0 Å². The number of Topliss-reactive ketones (excluding diaryl/α,β-unsaturated/α-hetero) is 1. The third kappa shape index (κ3) is 5.50. The Bertz CT molecular complexity index is 88.9. The van der Waals surface area contributed by atoms with Crippen LogP contribution in [0.2, 0.25) is 0 Å². The standard InChI is InChI=1S/C7H14O2/c1-6(8)4-5-7(2)9-3/h7H,4-5H2,1-3H3. The average molecular weight is 130 g/mol. The van der Waals surface area contributed by atoms with Gasteiger partial charge in [-0.3, -0.25) is 0 Å². The minimum Gasteiger partial charge on any atom is -0.382 e. The first-order chi connectivity index (χ1) is 4.16. The summed E-state index contributed by atoms with van der Waals surface area (Å²) in [6, 6.07) is 0. The van der Waals surface area contributed by atoms with Gasteiger partial charge in [0.15, 0.2) is 0 Å². The maximum Gasteiger partial charge on any atom is 0.129 e. The maximum absolute atomic E-state index is 10.4. The second kappa shape index (κ2) is 4.50. The van der Waals surface area contributed by atoms with E-state index in [-0.39, 0.29) is 11.9 Å². The number of hydrogen-bond acceptors (Lipinski definition) is 2. The fraction of sp³-hybridized carbons (Fsp3) is 0.857. The molecule has 54 valence electrons. The fourth-order valence-electron chi connectivity index (χ4n) is 0.524. The summed E-state index contributed by atoms with van der Waals surface area (Å²) in [4.78, 5) is 10.4. The quantitative estimate of drug-likeness (QED) is 0.574. The van der Waals surface area contributed by atoms with Crippen molar-refractivity contribution in [2.24, 2.45) is 0 Å². The van der Waals surface area contributed by atoms with E-state index in [0.29, 0.717) is 6.42 Å². The fourth-order valence-corrected chi connectivity index (χ4v) is 0.524. The Hall–Kier alpha value is -0.370. The summed E-state index contributed by atoms with van der Waals surface area (Å²) in [5.74, 6) is 0.235. The first kappa shape index (κ1) is 8.63. The molecule has 2 heteroatoms. The SMILES string of the molecule is COC(C)CCC(C)=O. The minimum atomic E-state index is 0.217. The predicted octanol–water partition coefficient (Wildman–Crippen LogP) is 1.39. The number of carbonyl (C=O) groups is 1. The maximum atomic E-state index is 10.4. The first-order valence-corrected chi connectivity index (χ1v) is 3.19. The zero-order valence-electron chi connectivity index (χ0n) is 6.31. The van der Waals surface area contributed by atoms with Gasteiger partial charge in [0.05, 0.1) is 6.10 Å². The van der Waals surface area contributed by atoms with Gasteiger partial charge in [-0.15, -0.1) is 0 Å². The number of carbonyl (C=O) groups excluding carboxylic acids is 1. The van der Waals surface area contributed by atoms with Gasteiger partial charge in [0, 0.05) is 13.5 Å². The van der Waals surface area contributed by atoms with E-state index < -0.39 is 0 Å². The topological polar surface area (TPSA) is 26.3 Å². The summed E-state index contributed by atoms with van der Waals surface area (Å²) in [6.45, 7) is 3.56. The van der Waals surface area contributed by atoms with Crippen LogP contribution in [0.15, 0.2) is 0 Å². The van der Waals surface area contributed by atoms with E-state index in [1.54, 1.807) is 14.0 Å². The molecule has 0 amide bonds. The van der Waals surface area contributed by atoms with Crippen LogP contribution >= 0.6 is 0 Å². The van der Waals surface area contributed by atoms with Gasteiger partial charge in [0.1, 0.15) is 5.78 Å². The van der Waals surface area contributed by atoms with Crippen LogP contribution in [0, 0.1) is 0 Å². The van der Waals surface area contributed by atoms with E-state index in [1.165, 1.54) is 0 Å². The van der Waals surface area contributed by atoms with Gasteiger partial charge in [-0.1, -0.05) is 0 Å². The molecule has 0 rings (SSSR count). The van der Waals surface area contributed by atoms with Crippen molar-refractivity contribution in [3.8, 4) is 0 Å². The number of methoxy groups -OCH3 is 1.